The van der Waals surface area contributed by atoms with E-state index in [0.29, 0.717) is 11.1 Å². The molecule has 1 unspecified atom stereocenters. The number of carboxylic acid groups (broad SMARTS) is 1. The zero-order valence-electron chi connectivity index (χ0n) is 16.3. The number of anilines is 1. The van der Waals surface area contributed by atoms with Gasteiger partial charge in [0.1, 0.15) is 4.88 Å². The van der Waals surface area contributed by atoms with Gasteiger partial charge in [-0.3, -0.25) is 9.59 Å². The fourth-order valence-corrected chi connectivity index (χ4v) is 5.93. The number of hydrogen-bond acceptors (Lipinski definition) is 6. The lowest BCUT2D eigenvalue weighted by Gasteiger charge is -2.26. The predicted molar refractivity (Wildman–Crippen MR) is 115 cm³/mol. The van der Waals surface area contributed by atoms with Gasteiger partial charge in [0.2, 0.25) is 5.91 Å². The van der Waals surface area contributed by atoms with Gasteiger partial charge >= 0.3 is 5.97 Å². The van der Waals surface area contributed by atoms with Crippen LogP contribution < -0.4 is 4.90 Å². The van der Waals surface area contributed by atoms with Crippen molar-refractivity contribution in [3.05, 3.63) is 81.5 Å². The summed E-state index contributed by atoms with van der Waals surface area (Å²) in [7, 11) is -3.80. The topological polar surface area (TPSA) is 109 Å². The number of hydrogen-bond donors (Lipinski definition) is 1. The zero-order chi connectivity index (χ0) is 22.3. The second-order valence-corrected chi connectivity index (χ2v) is 10.2. The number of nitrogens with zero attached hydrogens (tertiary/aromatic N) is 1. The van der Waals surface area contributed by atoms with Gasteiger partial charge < -0.3 is 5.11 Å². The first-order chi connectivity index (χ1) is 14.7. The number of carboxylic acids is 1. The molecule has 0 radical (unpaired) electrons. The zero-order valence-corrected chi connectivity index (χ0v) is 17.9. The van der Waals surface area contributed by atoms with Crippen molar-refractivity contribution in [1.29, 1.82) is 0 Å². The fourth-order valence-electron chi connectivity index (χ4n) is 3.55. The molecule has 0 fully saturated rings. The third-order valence-electron chi connectivity index (χ3n) is 5.21. The maximum atomic E-state index is 13.2. The second-order valence-electron chi connectivity index (χ2n) is 7.08. The molecule has 3 aromatic rings. The lowest BCUT2D eigenvalue weighted by molar-refractivity contribution is -0.117. The average molecular weight is 456 g/mol. The van der Waals surface area contributed by atoms with Crippen LogP contribution in [0.3, 0.4) is 0 Å². The number of thiophene rings is 1. The van der Waals surface area contributed by atoms with E-state index in [1.54, 1.807) is 37.3 Å². The molecule has 0 aliphatic carbocycles. The van der Waals surface area contributed by atoms with Crippen LogP contribution in [0.25, 0.3) is 0 Å². The number of sulfone groups is 1. The molecular weight excluding hydrogens is 438 g/mol. The Bertz CT molecular complexity index is 1310. The van der Waals surface area contributed by atoms with Crippen molar-refractivity contribution in [1.82, 2.24) is 0 Å². The largest absolute Gasteiger partial charge is 0.477 e. The van der Waals surface area contributed by atoms with E-state index in [1.807, 2.05) is 0 Å². The van der Waals surface area contributed by atoms with Crippen molar-refractivity contribution in [2.45, 2.75) is 23.5 Å². The monoisotopic (exact) mass is 455 g/mol. The number of amides is 2. The van der Waals surface area contributed by atoms with Gasteiger partial charge in [-0.05, 0) is 41.6 Å². The van der Waals surface area contributed by atoms with Gasteiger partial charge in [0, 0.05) is 0 Å². The molecule has 9 heteroatoms. The summed E-state index contributed by atoms with van der Waals surface area (Å²) in [5.74, 6) is -2.56. The van der Waals surface area contributed by atoms with Gasteiger partial charge in [0.15, 0.2) is 9.84 Å². The first kappa shape index (κ1) is 21.0. The number of benzene rings is 2. The Morgan fingerprint density at radius 3 is 2.48 bits per heavy atom. The minimum absolute atomic E-state index is 0.0250. The van der Waals surface area contributed by atoms with Gasteiger partial charge in [-0.15, -0.1) is 11.3 Å². The summed E-state index contributed by atoms with van der Waals surface area (Å²) in [5.41, 5.74) is 1.05. The number of aromatic carboxylic acids is 1. The van der Waals surface area contributed by atoms with Crippen LogP contribution in [0.4, 0.5) is 5.69 Å². The molecule has 1 N–H and O–H groups in total. The molecule has 31 heavy (non-hydrogen) atoms. The lowest BCUT2D eigenvalue weighted by atomic mass is 10.0. The quantitative estimate of drug-likeness (QED) is 0.588. The fraction of sp³-hybridized carbons (Fsp3) is 0.136. The van der Waals surface area contributed by atoms with E-state index in [-0.39, 0.29) is 27.4 Å². The average Bonchev–Trinajstić information content (AvgIpc) is 3.18. The SMILES string of the molecule is CC(c1ccccc1)S(=O)(=O)c1cccc(N2C(=O)Cc3csc(C(=O)O)c3C2=O)c1. The first-order valence-electron chi connectivity index (χ1n) is 9.31. The van der Waals surface area contributed by atoms with Crippen LogP contribution in [-0.2, 0) is 21.1 Å². The third-order valence-corrected chi connectivity index (χ3v) is 8.34. The summed E-state index contributed by atoms with van der Waals surface area (Å²) >= 11 is 0.890. The van der Waals surface area contributed by atoms with Crippen molar-refractivity contribution < 1.29 is 27.9 Å². The lowest BCUT2D eigenvalue weighted by Crippen LogP contribution is -2.42. The van der Waals surface area contributed by atoms with E-state index < -0.39 is 32.9 Å². The maximum Gasteiger partial charge on any atom is 0.346 e. The molecular formula is C22H17NO6S2. The molecule has 0 saturated carbocycles. The molecule has 4 rings (SSSR count). The number of carbonyl (C=O) groups is 3. The Morgan fingerprint density at radius 2 is 1.81 bits per heavy atom. The Morgan fingerprint density at radius 1 is 1.10 bits per heavy atom. The molecule has 2 aromatic carbocycles. The summed E-state index contributed by atoms with van der Waals surface area (Å²) < 4.78 is 26.3. The summed E-state index contributed by atoms with van der Waals surface area (Å²) in [6.45, 7) is 1.57. The highest BCUT2D eigenvalue weighted by Gasteiger charge is 2.37. The summed E-state index contributed by atoms with van der Waals surface area (Å²) in [6.07, 6.45) is -0.137. The van der Waals surface area contributed by atoms with Crippen LogP contribution >= 0.6 is 11.3 Å². The molecule has 2 amide bonds. The third kappa shape index (κ3) is 3.55. The maximum absolute atomic E-state index is 13.2. The van der Waals surface area contributed by atoms with E-state index in [9.17, 15) is 27.9 Å². The van der Waals surface area contributed by atoms with Gasteiger partial charge in [-0.1, -0.05) is 36.4 Å². The second kappa shape index (κ2) is 7.75. The summed E-state index contributed by atoms with van der Waals surface area (Å²) in [5, 5.41) is 10.0. The highest BCUT2D eigenvalue weighted by atomic mass is 32.2. The molecule has 0 bridgehead atoms. The van der Waals surface area contributed by atoms with Crippen molar-refractivity contribution in [2.75, 3.05) is 4.90 Å². The van der Waals surface area contributed by atoms with Crippen molar-refractivity contribution in [3.8, 4) is 0 Å². The Hall–Kier alpha value is -3.30. The van der Waals surface area contributed by atoms with Gasteiger partial charge in [0.05, 0.1) is 27.8 Å². The number of imide groups is 1. The normalized spacial score (nSPS) is 14.9. The van der Waals surface area contributed by atoms with Crippen LogP contribution in [0.5, 0.6) is 0 Å². The number of rotatable bonds is 5. The molecule has 1 aromatic heterocycles. The molecule has 2 heterocycles. The minimum Gasteiger partial charge on any atom is -0.477 e. The van der Waals surface area contributed by atoms with E-state index in [2.05, 4.69) is 0 Å². The van der Waals surface area contributed by atoms with E-state index in [0.717, 1.165) is 16.2 Å². The van der Waals surface area contributed by atoms with Crippen molar-refractivity contribution >= 4 is 44.6 Å². The van der Waals surface area contributed by atoms with E-state index >= 15 is 0 Å². The molecule has 0 saturated heterocycles. The Kier molecular flexibility index (Phi) is 5.24. The van der Waals surface area contributed by atoms with Crippen LogP contribution in [0.15, 0.2) is 64.9 Å². The van der Waals surface area contributed by atoms with E-state index in [1.165, 1.54) is 29.6 Å². The van der Waals surface area contributed by atoms with Gasteiger partial charge in [0.25, 0.3) is 5.91 Å². The number of fused-ring (bicyclic) bond motifs is 1. The first-order valence-corrected chi connectivity index (χ1v) is 11.7. The van der Waals surface area contributed by atoms with Crippen molar-refractivity contribution in [2.24, 2.45) is 0 Å². The highest BCUT2D eigenvalue weighted by Crippen LogP contribution is 2.34. The predicted octanol–water partition coefficient (Wildman–Crippen LogP) is 3.71. The standard InChI is InChI=1S/C22H17NO6S2/c1-13(14-6-3-2-4-7-14)31(28,29)17-9-5-8-16(11-17)23-18(24)10-15-12-30-20(22(26)27)19(15)21(23)25/h2-9,11-13H,10H2,1H3,(H,26,27). The summed E-state index contributed by atoms with van der Waals surface area (Å²) in [6, 6.07) is 14.3. The van der Waals surface area contributed by atoms with Gasteiger partial charge in [-0.25, -0.2) is 18.1 Å². The molecule has 1 atom stereocenters. The summed E-state index contributed by atoms with van der Waals surface area (Å²) in [4.78, 5) is 37.9. The number of carbonyl (C=O) groups excluding carboxylic acids is 2. The molecule has 7 nitrogen and oxygen atoms in total. The van der Waals surface area contributed by atoms with E-state index in [4.69, 9.17) is 0 Å². The van der Waals surface area contributed by atoms with Gasteiger partial charge in [-0.2, -0.15) is 0 Å². The highest BCUT2D eigenvalue weighted by molar-refractivity contribution is 7.91. The molecule has 1 aliphatic heterocycles. The Labute approximate surface area is 182 Å². The minimum atomic E-state index is -3.80. The van der Waals surface area contributed by atoms with Crippen LogP contribution in [-0.4, -0.2) is 31.3 Å². The van der Waals surface area contributed by atoms with Crippen LogP contribution in [0, 0.1) is 0 Å². The van der Waals surface area contributed by atoms with Crippen LogP contribution in [0.2, 0.25) is 0 Å². The van der Waals surface area contributed by atoms with Crippen molar-refractivity contribution in [3.63, 3.8) is 0 Å². The van der Waals surface area contributed by atoms with Crippen LogP contribution in [0.1, 0.15) is 43.3 Å². The Balaban J connectivity index is 1.75. The molecule has 1 aliphatic rings. The molecule has 158 valence electrons. The smallest absolute Gasteiger partial charge is 0.346 e. The molecule has 0 spiro atoms.